The predicted molar refractivity (Wildman–Crippen MR) is 72.2 cm³/mol. The second kappa shape index (κ2) is 7.95. The highest BCUT2D eigenvalue weighted by Gasteiger charge is 2.08. The van der Waals surface area contributed by atoms with Gasteiger partial charge >= 0.3 is 0 Å². The van der Waals surface area contributed by atoms with Crippen LogP contribution in [0.1, 0.15) is 25.8 Å². The van der Waals surface area contributed by atoms with Gasteiger partial charge in [0.15, 0.2) is 11.5 Å². The van der Waals surface area contributed by atoms with Crippen molar-refractivity contribution in [2.45, 2.75) is 32.9 Å². The summed E-state index contributed by atoms with van der Waals surface area (Å²) >= 11 is 0. The molecule has 0 heterocycles. The maximum atomic E-state index is 9.48. The first-order chi connectivity index (χ1) is 8.71. The zero-order valence-electron chi connectivity index (χ0n) is 11.4. The maximum Gasteiger partial charge on any atom is 0.161 e. The molecule has 0 aliphatic rings. The van der Waals surface area contributed by atoms with E-state index in [1.807, 2.05) is 25.1 Å². The van der Waals surface area contributed by atoms with Gasteiger partial charge in [-0.1, -0.05) is 19.9 Å². The summed E-state index contributed by atoms with van der Waals surface area (Å²) in [5.74, 6) is 1.37. The number of hydrogen-bond acceptors (Lipinski definition) is 4. The Morgan fingerprint density at radius 1 is 1.28 bits per heavy atom. The van der Waals surface area contributed by atoms with Crippen LogP contribution in [-0.4, -0.2) is 31.5 Å². The minimum atomic E-state index is -0.434. The van der Waals surface area contributed by atoms with Gasteiger partial charge in [-0.05, 0) is 30.7 Å². The van der Waals surface area contributed by atoms with Crippen molar-refractivity contribution in [3.05, 3.63) is 23.8 Å². The molecule has 0 saturated heterocycles. The van der Waals surface area contributed by atoms with Crippen molar-refractivity contribution in [2.75, 3.05) is 20.3 Å². The lowest BCUT2D eigenvalue weighted by Gasteiger charge is -2.14. The molecular formula is C14H23NO3. The first kappa shape index (κ1) is 14.8. The molecule has 1 unspecified atom stereocenters. The topological polar surface area (TPSA) is 50.7 Å². The molecule has 2 N–H and O–H groups in total. The van der Waals surface area contributed by atoms with Crippen molar-refractivity contribution in [1.82, 2.24) is 5.32 Å². The normalized spacial score (nSPS) is 12.2. The lowest BCUT2D eigenvalue weighted by atomic mass is 10.2. The summed E-state index contributed by atoms with van der Waals surface area (Å²) in [7, 11) is 1.62. The second-order valence-electron chi connectivity index (χ2n) is 4.14. The summed E-state index contributed by atoms with van der Waals surface area (Å²) in [6, 6.07) is 5.84. The zero-order chi connectivity index (χ0) is 13.4. The Kier molecular flexibility index (Phi) is 6.54. The molecule has 1 aromatic carbocycles. The van der Waals surface area contributed by atoms with E-state index in [1.54, 1.807) is 7.11 Å². The summed E-state index contributed by atoms with van der Waals surface area (Å²) in [4.78, 5) is 0. The molecule has 0 aromatic heterocycles. The van der Waals surface area contributed by atoms with Gasteiger partial charge in [-0.15, -0.1) is 0 Å². The summed E-state index contributed by atoms with van der Waals surface area (Å²) in [6.07, 6.45) is 0.247. The zero-order valence-corrected chi connectivity index (χ0v) is 11.4. The van der Waals surface area contributed by atoms with Crippen LogP contribution in [0.4, 0.5) is 0 Å². The Bertz CT molecular complexity index is 355. The van der Waals surface area contributed by atoms with Crippen molar-refractivity contribution in [3.63, 3.8) is 0 Å². The molecule has 0 fully saturated rings. The predicted octanol–water partition coefficient (Wildman–Crippen LogP) is 1.95. The molecule has 4 nitrogen and oxygen atoms in total. The van der Waals surface area contributed by atoms with Gasteiger partial charge < -0.3 is 19.9 Å². The van der Waals surface area contributed by atoms with E-state index in [0.717, 1.165) is 18.7 Å². The van der Waals surface area contributed by atoms with Crippen LogP contribution < -0.4 is 14.8 Å². The van der Waals surface area contributed by atoms with Crippen LogP contribution in [0.5, 0.6) is 11.5 Å². The standard InChI is InChI=1S/C14H23NO3/c1-4-12(16)10-18-13-7-6-11(9-15-5-2)8-14(13)17-3/h6-8,12,15-16H,4-5,9-10H2,1-3H3. The molecule has 102 valence electrons. The molecule has 0 spiro atoms. The van der Waals surface area contributed by atoms with E-state index in [-0.39, 0.29) is 0 Å². The number of benzene rings is 1. The molecular weight excluding hydrogens is 230 g/mol. The van der Waals surface area contributed by atoms with Crippen LogP contribution in [0, 0.1) is 0 Å². The molecule has 4 heteroatoms. The molecule has 1 aromatic rings. The number of ether oxygens (including phenoxy) is 2. The Hall–Kier alpha value is -1.26. The molecule has 0 bridgehead atoms. The van der Waals surface area contributed by atoms with Crippen molar-refractivity contribution < 1.29 is 14.6 Å². The van der Waals surface area contributed by atoms with E-state index in [4.69, 9.17) is 9.47 Å². The fraction of sp³-hybridized carbons (Fsp3) is 0.571. The highest BCUT2D eigenvalue weighted by Crippen LogP contribution is 2.28. The quantitative estimate of drug-likeness (QED) is 0.743. The van der Waals surface area contributed by atoms with E-state index < -0.39 is 6.10 Å². The molecule has 1 atom stereocenters. The molecule has 0 amide bonds. The van der Waals surface area contributed by atoms with Gasteiger partial charge in [0.1, 0.15) is 6.61 Å². The summed E-state index contributed by atoms with van der Waals surface area (Å²) in [6.45, 7) is 6.03. The van der Waals surface area contributed by atoms with Crippen molar-refractivity contribution in [2.24, 2.45) is 0 Å². The third-order valence-electron chi connectivity index (χ3n) is 2.71. The van der Waals surface area contributed by atoms with Crippen LogP contribution in [0.2, 0.25) is 0 Å². The number of hydrogen-bond donors (Lipinski definition) is 2. The Morgan fingerprint density at radius 2 is 2.06 bits per heavy atom. The lowest BCUT2D eigenvalue weighted by molar-refractivity contribution is 0.102. The Balaban J connectivity index is 2.67. The summed E-state index contributed by atoms with van der Waals surface area (Å²) in [5.41, 5.74) is 1.15. The monoisotopic (exact) mass is 253 g/mol. The number of methoxy groups -OCH3 is 1. The van der Waals surface area contributed by atoms with E-state index in [9.17, 15) is 5.11 Å². The number of aliphatic hydroxyl groups is 1. The fourth-order valence-corrected chi connectivity index (χ4v) is 1.51. The highest BCUT2D eigenvalue weighted by molar-refractivity contribution is 5.42. The SMILES string of the molecule is CCNCc1ccc(OCC(O)CC)c(OC)c1. The third-order valence-corrected chi connectivity index (χ3v) is 2.71. The minimum absolute atomic E-state index is 0.291. The lowest BCUT2D eigenvalue weighted by Crippen LogP contribution is -2.16. The van der Waals surface area contributed by atoms with E-state index in [0.29, 0.717) is 24.5 Å². The van der Waals surface area contributed by atoms with Crippen molar-refractivity contribution in [3.8, 4) is 11.5 Å². The molecule has 0 aliphatic carbocycles. The third kappa shape index (κ3) is 4.55. The Morgan fingerprint density at radius 3 is 2.67 bits per heavy atom. The number of aliphatic hydroxyl groups excluding tert-OH is 1. The van der Waals surface area contributed by atoms with Crippen LogP contribution in [0.15, 0.2) is 18.2 Å². The second-order valence-corrected chi connectivity index (χ2v) is 4.14. The minimum Gasteiger partial charge on any atom is -0.493 e. The van der Waals surface area contributed by atoms with Gasteiger partial charge in [-0.3, -0.25) is 0 Å². The average Bonchev–Trinajstić information content (AvgIpc) is 2.42. The van der Waals surface area contributed by atoms with Crippen LogP contribution in [0.3, 0.4) is 0 Å². The van der Waals surface area contributed by atoms with Crippen LogP contribution in [0.25, 0.3) is 0 Å². The fourth-order valence-electron chi connectivity index (χ4n) is 1.51. The molecule has 0 radical (unpaired) electrons. The van der Waals surface area contributed by atoms with E-state index in [1.165, 1.54) is 0 Å². The first-order valence-electron chi connectivity index (χ1n) is 6.39. The first-order valence-corrected chi connectivity index (χ1v) is 6.39. The smallest absolute Gasteiger partial charge is 0.161 e. The summed E-state index contributed by atoms with van der Waals surface area (Å²) in [5, 5.41) is 12.7. The number of nitrogens with one attached hydrogen (secondary N) is 1. The highest BCUT2D eigenvalue weighted by atomic mass is 16.5. The molecule has 0 aliphatic heterocycles. The van der Waals surface area contributed by atoms with Gasteiger partial charge in [0, 0.05) is 6.54 Å². The molecule has 0 saturated carbocycles. The van der Waals surface area contributed by atoms with Crippen molar-refractivity contribution in [1.29, 1.82) is 0 Å². The molecule has 18 heavy (non-hydrogen) atoms. The maximum absolute atomic E-state index is 9.48. The van der Waals surface area contributed by atoms with Gasteiger partial charge in [0.25, 0.3) is 0 Å². The van der Waals surface area contributed by atoms with Gasteiger partial charge in [-0.25, -0.2) is 0 Å². The average molecular weight is 253 g/mol. The van der Waals surface area contributed by atoms with Gasteiger partial charge in [-0.2, -0.15) is 0 Å². The van der Waals surface area contributed by atoms with E-state index >= 15 is 0 Å². The van der Waals surface area contributed by atoms with Crippen LogP contribution >= 0.6 is 0 Å². The van der Waals surface area contributed by atoms with E-state index in [2.05, 4.69) is 12.2 Å². The largest absolute Gasteiger partial charge is 0.493 e. The Labute approximate surface area is 109 Å². The van der Waals surface area contributed by atoms with Crippen LogP contribution in [-0.2, 0) is 6.54 Å². The van der Waals surface area contributed by atoms with Gasteiger partial charge in [0.05, 0.1) is 13.2 Å². The summed E-state index contributed by atoms with van der Waals surface area (Å²) < 4.78 is 10.8. The number of rotatable bonds is 8. The van der Waals surface area contributed by atoms with Gasteiger partial charge in [0.2, 0.25) is 0 Å². The van der Waals surface area contributed by atoms with Crippen molar-refractivity contribution >= 4 is 0 Å². The molecule has 1 rings (SSSR count).